The minimum absolute atomic E-state index is 0.161. The molecule has 7 fully saturated rings. The molecule has 4 aliphatic carbocycles. The van der Waals surface area contributed by atoms with E-state index in [4.69, 9.17) is 15.0 Å². The van der Waals surface area contributed by atoms with Gasteiger partial charge in [0.1, 0.15) is 16.9 Å². The highest BCUT2D eigenvalue weighted by Crippen LogP contribution is 2.52. The summed E-state index contributed by atoms with van der Waals surface area (Å²) in [5.74, 6) is 2.04. The predicted octanol–water partition coefficient (Wildman–Crippen LogP) is 15.8. The fourth-order valence-electron chi connectivity index (χ4n) is 17.3. The van der Waals surface area contributed by atoms with E-state index in [9.17, 15) is 23.7 Å². The van der Waals surface area contributed by atoms with Crippen LogP contribution in [-0.2, 0) is 22.1 Å². The van der Waals surface area contributed by atoms with Crippen molar-refractivity contribution in [2.45, 2.75) is 241 Å². The second kappa shape index (κ2) is 35.5. The van der Waals surface area contributed by atoms with Crippen LogP contribution in [0.1, 0.15) is 217 Å². The first-order valence-corrected chi connectivity index (χ1v) is 42.5. The fourth-order valence-corrected chi connectivity index (χ4v) is 18.8. The number of benzene rings is 3. The molecule has 22 heteroatoms. The van der Waals surface area contributed by atoms with Crippen molar-refractivity contribution >= 4 is 61.0 Å². The number of fused-ring (bicyclic) bond motifs is 3. The second-order valence-corrected chi connectivity index (χ2v) is 33.7. The molecule has 574 valence electrons. The van der Waals surface area contributed by atoms with E-state index in [1.54, 1.807) is 16.4 Å². The third-order valence-electron chi connectivity index (χ3n) is 24.1. The largest absolute Gasteiger partial charge is 0.393 e. The Bertz CT molecular complexity index is 4440. The molecular formula is C85H118N16O5S. The Kier molecular flexibility index (Phi) is 25.3. The van der Waals surface area contributed by atoms with Crippen molar-refractivity contribution in [2.24, 2.45) is 0 Å². The van der Waals surface area contributed by atoms with Gasteiger partial charge in [-0.15, -0.1) is 0 Å². The van der Waals surface area contributed by atoms with E-state index < -0.39 is 10.0 Å². The lowest BCUT2D eigenvalue weighted by Gasteiger charge is -2.35. The summed E-state index contributed by atoms with van der Waals surface area (Å²) in [6.45, 7) is 18.4. The maximum Gasteiger partial charge on any atom is 0.243 e. The van der Waals surface area contributed by atoms with E-state index in [2.05, 4.69) is 154 Å². The van der Waals surface area contributed by atoms with Gasteiger partial charge in [0, 0.05) is 159 Å². The van der Waals surface area contributed by atoms with Crippen molar-refractivity contribution < 1.29 is 23.7 Å². The first kappa shape index (κ1) is 76.4. The fraction of sp³-hybridized carbons (Fsp3) is 0.576. The van der Waals surface area contributed by atoms with Crippen molar-refractivity contribution in [3.8, 4) is 33.4 Å². The van der Waals surface area contributed by atoms with Crippen LogP contribution in [0.5, 0.6) is 0 Å². The Labute approximate surface area is 634 Å². The van der Waals surface area contributed by atoms with Crippen LogP contribution in [0, 0.1) is 0 Å². The molecule has 21 nitrogen and oxygen atoms in total. The summed E-state index contributed by atoms with van der Waals surface area (Å²) in [6, 6.07) is 26.7. The monoisotopic (exact) mass is 1470 g/mol. The zero-order valence-corrected chi connectivity index (χ0v) is 64.9. The van der Waals surface area contributed by atoms with Crippen LogP contribution >= 0.6 is 0 Å². The number of piperazine rings is 1. The van der Waals surface area contributed by atoms with Crippen molar-refractivity contribution in [3.63, 3.8) is 0 Å². The summed E-state index contributed by atoms with van der Waals surface area (Å²) in [7, 11) is -1.27. The zero-order valence-electron chi connectivity index (χ0n) is 64.1. The minimum atomic E-state index is -3.47. The Morgan fingerprint density at radius 1 is 0.449 bits per heavy atom. The summed E-state index contributed by atoms with van der Waals surface area (Å²) in [6.07, 6.45) is 39.0. The number of nitrogens with zero attached hydrogens (tertiary/aromatic N) is 13. The maximum absolute atomic E-state index is 13.1. The molecule has 0 atom stereocenters. The number of hydrogen-bond acceptors (Lipinski definition) is 17. The molecule has 0 unspecified atom stereocenters. The number of anilines is 3. The van der Waals surface area contributed by atoms with Crippen LogP contribution in [0.3, 0.4) is 0 Å². The number of unbranched alkanes of at least 4 members (excludes halogenated alkanes) is 3. The summed E-state index contributed by atoms with van der Waals surface area (Å²) in [5.41, 5.74) is 12.8. The number of nitrogens with one attached hydrogen (secondary N) is 3. The molecule has 7 aliphatic rings. The molecule has 0 spiro atoms. The number of sulfonamides is 1. The van der Waals surface area contributed by atoms with Crippen molar-refractivity contribution in [1.29, 1.82) is 0 Å². The van der Waals surface area contributed by atoms with Crippen molar-refractivity contribution in [3.05, 3.63) is 121 Å². The summed E-state index contributed by atoms with van der Waals surface area (Å²) in [4.78, 5) is 36.8. The maximum atomic E-state index is 13.1. The average Bonchev–Trinajstić information content (AvgIpc) is 1.12. The Hall–Kier alpha value is -7.41. The molecule has 107 heavy (non-hydrogen) atoms. The normalized spacial score (nSPS) is 22.6. The number of rotatable bonds is 24. The van der Waals surface area contributed by atoms with Gasteiger partial charge in [-0.2, -0.15) is 19.3 Å². The second-order valence-electron chi connectivity index (χ2n) is 31.8. The van der Waals surface area contributed by atoms with Gasteiger partial charge >= 0.3 is 0 Å². The Morgan fingerprint density at radius 2 is 0.813 bits per heavy atom. The molecule has 0 radical (unpaired) electrons. The van der Waals surface area contributed by atoms with Crippen LogP contribution in [-0.4, -0.2) is 184 Å². The summed E-state index contributed by atoms with van der Waals surface area (Å²) in [5, 5.41) is 43.4. The topological polar surface area (TPSA) is 236 Å². The van der Waals surface area contributed by atoms with Gasteiger partial charge in [0.25, 0.3) is 0 Å². The van der Waals surface area contributed by atoms with Gasteiger partial charge in [-0.3, -0.25) is 9.80 Å². The molecule has 0 amide bonds. The summed E-state index contributed by atoms with van der Waals surface area (Å²) < 4.78 is 34.8. The van der Waals surface area contributed by atoms with Crippen LogP contribution < -0.4 is 16.0 Å². The number of aromatic nitrogens is 9. The van der Waals surface area contributed by atoms with Gasteiger partial charge < -0.3 is 49.9 Å². The highest BCUT2D eigenvalue weighted by atomic mass is 32.2. The number of likely N-dealkylation sites (tertiary alicyclic amines) is 1. The number of aliphatic hydroxyl groups excluding tert-OH is 3. The SMILES string of the molecule is CCCCNc1ncc2c(-c3ccc(C4(N5CCCCC5)CC4)cc3)cn(C3CCC(O)CC3)c2n1.CCCCNc1ncc2c(-c3ccc(CN4CCN(C)CC4)cc3)cn(C3CCC(O)CC3)c2n1.CCCCNc1ncc2c(-c3ccc(S(=O)(=O)N4CCCCC4)cc3)cn(C3CCC(O)CC3)c2n1. The lowest BCUT2D eigenvalue weighted by molar-refractivity contribution is 0.111. The van der Waals surface area contributed by atoms with Gasteiger partial charge in [0.05, 0.1) is 23.2 Å². The van der Waals surface area contributed by atoms with Gasteiger partial charge in [-0.25, -0.2) is 23.4 Å². The quantitative estimate of drug-likeness (QED) is 0.0309. The van der Waals surface area contributed by atoms with Crippen LogP contribution in [0.4, 0.5) is 17.8 Å². The number of piperidine rings is 2. The minimum Gasteiger partial charge on any atom is -0.393 e. The lowest BCUT2D eigenvalue weighted by Crippen LogP contribution is -2.43. The first-order valence-electron chi connectivity index (χ1n) is 41.1. The highest BCUT2D eigenvalue weighted by molar-refractivity contribution is 7.89. The van der Waals surface area contributed by atoms with Gasteiger partial charge in [-0.05, 0) is 195 Å². The molecule has 4 saturated carbocycles. The van der Waals surface area contributed by atoms with E-state index in [0.717, 1.165) is 231 Å². The van der Waals surface area contributed by atoms with E-state index in [1.807, 2.05) is 30.7 Å². The molecular weight excluding hydrogens is 1360 g/mol. The van der Waals surface area contributed by atoms with Crippen molar-refractivity contribution in [2.75, 3.05) is 95.0 Å². The standard InChI is InChI=1S/C30H41N5O.C28H40N6O.C27H37N5O3S/c1-2-3-17-31-29-32-20-26-27(21-35(28(26)33-29)24-11-13-25(36)14-12-24)22-7-9-23(10-8-22)30(15-16-30)34-18-5-4-6-19-34;1-3-4-13-29-28-30-18-25-26(20-34(27(25)31-28)23-9-11-24(35)12-10-23)22-7-5-21(6-8-22)19-33-16-14-32(2)15-17-33;1-2-3-15-28-27-29-18-24-25(19-32(26(24)30-27)21-9-11-22(33)12-10-21)20-7-13-23(14-8-20)36(34,35)31-16-5-4-6-17-31/h7-10,20-21,24-25,36H,2-6,11-19H2,1H3,(H,31,32,33);5-8,18,20,23-24,35H,3-4,9-17,19H2,1-2H3,(H,29,30,31);7-8,13-14,18-19,21-22,33H,2-6,9-12,15-17H2,1H3,(H,28,29,30). The molecule has 9 heterocycles. The number of likely N-dealkylation sites (N-methyl/N-ethyl adjacent to an activating group) is 1. The molecule has 3 aliphatic heterocycles. The molecule has 6 N–H and O–H groups in total. The Morgan fingerprint density at radius 3 is 1.19 bits per heavy atom. The van der Waals surface area contributed by atoms with Crippen LogP contribution in [0.15, 0.2) is 115 Å². The molecule has 3 aromatic carbocycles. The smallest absolute Gasteiger partial charge is 0.243 e. The van der Waals surface area contributed by atoms with E-state index >= 15 is 0 Å². The third-order valence-corrected chi connectivity index (χ3v) is 26.1. The number of aliphatic hydroxyl groups is 3. The Balaban J connectivity index is 0.000000135. The van der Waals surface area contributed by atoms with Crippen LogP contribution in [0.25, 0.3) is 66.5 Å². The zero-order chi connectivity index (χ0) is 73.9. The molecule has 16 rings (SSSR count). The number of hydrogen-bond donors (Lipinski definition) is 6. The van der Waals surface area contributed by atoms with Crippen LogP contribution in [0.2, 0.25) is 0 Å². The van der Waals surface area contributed by atoms with Crippen molar-refractivity contribution in [1.82, 2.24) is 62.6 Å². The molecule has 3 saturated heterocycles. The molecule has 0 bridgehead atoms. The molecule has 6 aromatic heterocycles. The van der Waals surface area contributed by atoms with E-state index in [1.165, 1.54) is 78.6 Å². The first-order chi connectivity index (χ1) is 52.2. The third kappa shape index (κ3) is 18.1. The average molecular weight is 1480 g/mol. The van der Waals surface area contributed by atoms with Gasteiger partial charge in [0.15, 0.2) is 0 Å². The highest BCUT2D eigenvalue weighted by Gasteiger charge is 2.49. The van der Waals surface area contributed by atoms with E-state index in [0.29, 0.717) is 47.9 Å². The van der Waals surface area contributed by atoms with E-state index in [-0.39, 0.29) is 29.9 Å². The summed E-state index contributed by atoms with van der Waals surface area (Å²) >= 11 is 0. The molecule has 9 aromatic rings. The van der Waals surface area contributed by atoms with Gasteiger partial charge in [0.2, 0.25) is 27.9 Å². The lowest BCUT2D eigenvalue weighted by atomic mass is 9.93. The predicted molar refractivity (Wildman–Crippen MR) is 431 cm³/mol. The van der Waals surface area contributed by atoms with Gasteiger partial charge in [-0.1, -0.05) is 114 Å².